The molecule has 6 nitrogen and oxygen atoms in total. The van der Waals surface area contributed by atoms with Crippen molar-refractivity contribution in [3.05, 3.63) is 72.3 Å². The maximum atomic E-state index is 12.5. The van der Waals surface area contributed by atoms with E-state index in [-0.39, 0.29) is 5.91 Å². The fraction of sp³-hybridized carbons (Fsp3) is 0.261. The van der Waals surface area contributed by atoms with Crippen LogP contribution in [0.4, 0.5) is 5.82 Å². The Morgan fingerprint density at radius 3 is 2.24 bits per heavy atom. The Labute approximate surface area is 170 Å². The van der Waals surface area contributed by atoms with Gasteiger partial charge >= 0.3 is 0 Å². The second kappa shape index (κ2) is 8.73. The number of ether oxygens (including phenoxy) is 1. The quantitative estimate of drug-likeness (QED) is 0.672. The molecule has 148 valence electrons. The first-order chi connectivity index (χ1) is 14.2. The second-order valence-corrected chi connectivity index (χ2v) is 7.04. The summed E-state index contributed by atoms with van der Waals surface area (Å²) in [7, 11) is 1.65. The van der Waals surface area contributed by atoms with E-state index in [0.717, 1.165) is 41.5 Å². The van der Waals surface area contributed by atoms with Crippen molar-refractivity contribution in [1.29, 1.82) is 0 Å². The van der Waals surface area contributed by atoms with Crippen LogP contribution in [0.1, 0.15) is 5.56 Å². The predicted octanol–water partition coefficient (Wildman–Crippen LogP) is 3.04. The molecule has 0 radical (unpaired) electrons. The molecule has 2 heterocycles. The van der Waals surface area contributed by atoms with Gasteiger partial charge in [0.1, 0.15) is 5.75 Å². The molecule has 0 saturated carbocycles. The second-order valence-electron chi connectivity index (χ2n) is 7.04. The molecule has 0 aliphatic carbocycles. The zero-order valence-electron chi connectivity index (χ0n) is 16.5. The Bertz CT molecular complexity index is 935. The van der Waals surface area contributed by atoms with E-state index in [1.807, 2.05) is 71.6 Å². The highest BCUT2D eigenvalue weighted by Crippen LogP contribution is 2.22. The van der Waals surface area contributed by atoms with E-state index >= 15 is 0 Å². The van der Waals surface area contributed by atoms with E-state index in [1.165, 1.54) is 0 Å². The largest absolute Gasteiger partial charge is 0.497 e. The topological polar surface area (TPSA) is 58.6 Å². The standard InChI is InChI=1S/C23H24N4O2/c1-29-20-9-7-19(8-10-20)21-11-12-22(25-24-21)26-13-15-27(16-14-26)23(28)17-18-5-3-2-4-6-18/h2-12H,13-17H2,1H3. The molecule has 4 rings (SSSR count). The smallest absolute Gasteiger partial charge is 0.227 e. The Balaban J connectivity index is 1.34. The van der Waals surface area contributed by atoms with Crippen LogP contribution in [-0.4, -0.2) is 54.3 Å². The van der Waals surface area contributed by atoms with Crippen molar-refractivity contribution < 1.29 is 9.53 Å². The number of carbonyl (C=O) groups is 1. The Kier molecular flexibility index (Phi) is 5.70. The summed E-state index contributed by atoms with van der Waals surface area (Å²) < 4.78 is 5.19. The number of methoxy groups -OCH3 is 1. The van der Waals surface area contributed by atoms with Crippen molar-refractivity contribution in [2.75, 3.05) is 38.2 Å². The van der Waals surface area contributed by atoms with Gasteiger partial charge in [-0.3, -0.25) is 4.79 Å². The molecule has 1 aromatic heterocycles. The summed E-state index contributed by atoms with van der Waals surface area (Å²) in [6.45, 7) is 2.93. The van der Waals surface area contributed by atoms with Crippen molar-refractivity contribution in [2.24, 2.45) is 0 Å². The van der Waals surface area contributed by atoms with Crippen LogP contribution < -0.4 is 9.64 Å². The molecule has 0 unspecified atom stereocenters. The lowest BCUT2D eigenvalue weighted by Gasteiger charge is -2.35. The van der Waals surface area contributed by atoms with Crippen molar-refractivity contribution in [3.63, 3.8) is 0 Å². The maximum Gasteiger partial charge on any atom is 0.227 e. The number of hydrogen-bond acceptors (Lipinski definition) is 5. The molecule has 0 atom stereocenters. The average Bonchev–Trinajstić information content (AvgIpc) is 2.80. The summed E-state index contributed by atoms with van der Waals surface area (Å²) in [5, 5.41) is 8.78. The molecule has 0 N–H and O–H groups in total. The van der Waals surface area contributed by atoms with Gasteiger partial charge in [-0.15, -0.1) is 10.2 Å². The van der Waals surface area contributed by atoms with E-state index in [4.69, 9.17) is 4.74 Å². The molecule has 0 bridgehead atoms. The summed E-state index contributed by atoms with van der Waals surface area (Å²) in [5.74, 6) is 1.84. The van der Waals surface area contributed by atoms with Crippen LogP contribution >= 0.6 is 0 Å². The van der Waals surface area contributed by atoms with Crippen LogP contribution in [0, 0.1) is 0 Å². The summed E-state index contributed by atoms with van der Waals surface area (Å²) in [6, 6.07) is 21.6. The van der Waals surface area contributed by atoms with Gasteiger partial charge in [-0.05, 0) is 42.0 Å². The number of benzene rings is 2. The van der Waals surface area contributed by atoms with Gasteiger partial charge in [-0.2, -0.15) is 0 Å². The summed E-state index contributed by atoms with van der Waals surface area (Å²) in [5.41, 5.74) is 2.88. The number of amides is 1. The summed E-state index contributed by atoms with van der Waals surface area (Å²) >= 11 is 0. The number of rotatable bonds is 5. The predicted molar refractivity (Wildman–Crippen MR) is 113 cm³/mol. The molecule has 3 aromatic rings. The SMILES string of the molecule is COc1ccc(-c2ccc(N3CCN(C(=O)Cc4ccccc4)CC3)nn2)cc1. The van der Waals surface area contributed by atoms with Crippen LogP contribution in [0.15, 0.2) is 66.7 Å². The van der Waals surface area contributed by atoms with E-state index in [2.05, 4.69) is 15.1 Å². The van der Waals surface area contributed by atoms with Crippen LogP contribution in [-0.2, 0) is 11.2 Å². The molecule has 29 heavy (non-hydrogen) atoms. The molecular weight excluding hydrogens is 364 g/mol. The lowest BCUT2D eigenvalue weighted by Crippen LogP contribution is -2.49. The van der Waals surface area contributed by atoms with E-state index in [9.17, 15) is 4.79 Å². The lowest BCUT2D eigenvalue weighted by atomic mass is 10.1. The number of anilines is 1. The van der Waals surface area contributed by atoms with Crippen LogP contribution in [0.5, 0.6) is 5.75 Å². The van der Waals surface area contributed by atoms with Crippen molar-refractivity contribution in [2.45, 2.75) is 6.42 Å². The monoisotopic (exact) mass is 388 g/mol. The molecule has 1 amide bonds. The number of hydrogen-bond donors (Lipinski definition) is 0. The van der Waals surface area contributed by atoms with E-state index in [1.54, 1.807) is 7.11 Å². The van der Waals surface area contributed by atoms with Crippen LogP contribution in [0.25, 0.3) is 11.3 Å². The van der Waals surface area contributed by atoms with Gasteiger partial charge in [0.05, 0.1) is 19.2 Å². The molecule has 1 aliphatic heterocycles. The maximum absolute atomic E-state index is 12.5. The average molecular weight is 388 g/mol. The molecule has 1 saturated heterocycles. The minimum absolute atomic E-state index is 0.178. The van der Waals surface area contributed by atoms with Gasteiger partial charge in [0.2, 0.25) is 5.91 Å². The molecule has 1 fully saturated rings. The molecule has 1 aliphatic rings. The highest BCUT2D eigenvalue weighted by atomic mass is 16.5. The van der Waals surface area contributed by atoms with Gasteiger partial charge in [0.15, 0.2) is 5.82 Å². The van der Waals surface area contributed by atoms with Gasteiger partial charge in [0, 0.05) is 31.7 Å². The molecular formula is C23H24N4O2. The third kappa shape index (κ3) is 4.54. The highest BCUT2D eigenvalue weighted by molar-refractivity contribution is 5.79. The van der Waals surface area contributed by atoms with Crippen LogP contribution in [0.3, 0.4) is 0 Å². The van der Waals surface area contributed by atoms with Gasteiger partial charge in [-0.1, -0.05) is 30.3 Å². The number of piperazine rings is 1. The first kappa shape index (κ1) is 18.9. The van der Waals surface area contributed by atoms with Crippen LogP contribution in [0.2, 0.25) is 0 Å². The minimum Gasteiger partial charge on any atom is -0.497 e. The first-order valence-corrected chi connectivity index (χ1v) is 9.78. The zero-order chi connectivity index (χ0) is 20.1. The zero-order valence-corrected chi connectivity index (χ0v) is 16.5. The third-order valence-corrected chi connectivity index (χ3v) is 5.19. The van der Waals surface area contributed by atoms with E-state index in [0.29, 0.717) is 19.5 Å². The van der Waals surface area contributed by atoms with Crippen molar-refractivity contribution >= 4 is 11.7 Å². The Hall–Kier alpha value is -3.41. The summed E-state index contributed by atoms with van der Waals surface area (Å²) in [4.78, 5) is 16.6. The Morgan fingerprint density at radius 1 is 0.897 bits per heavy atom. The molecule has 0 spiro atoms. The van der Waals surface area contributed by atoms with Gasteiger partial charge in [0.25, 0.3) is 0 Å². The molecule has 2 aromatic carbocycles. The minimum atomic E-state index is 0.178. The van der Waals surface area contributed by atoms with Gasteiger partial charge < -0.3 is 14.5 Å². The van der Waals surface area contributed by atoms with Gasteiger partial charge in [-0.25, -0.2) is 0 Å². The Morgan fingerprint density at radius 2 is 1.62 bits per heavy atom. The van der Waals surface area contributed by atoms with Crippen molar-refractivity contribution in [3.8, 4) is 17.0 Å². The summed E-state index contributed by atoms with van der Waals surface area (Å²) in [6.07, 6.45) is 0.456. The normalized spacial score (nSPS) is 14.0. The highest BCUT2D eigenvalue weighted by Gasteiger charge is 2.22. The lowest BCUT2D eigenvalue weighted by molar-refractivity contribution is -0.130. The fourth-order valence-electron chi connectivity index (χ4n) is 3.48. The van der Waals surface area contributed by atoms with E-state index < -0.39 is 0 Å². The first-order valence-electron chi connectivity index (χ1n) is 9.78. The number of carbonyl (C=O) groups excluding carboxylic acids is 1. The fourth-order valence-corrected chi connectivity index (χ4v) is 3.48. The third-order valence-electron chi connectivity index (χ3n) is 5.19. The molecule has 6 heteroatoms. The number of aromatic nitrogens is 2. The van der Waals surface area contributed by atoms with Crippen molar-refractivity contribution in [1.82, 2.24) is 15.1 Å². The number of nitrogens with zero attached hydrogens (tertiary/aromatic N) is 4.